The Morgan fingerprint density at radius 1 is 1.05 bits per heavy atom. The van der Waals surface area contributed by atoms with E-state index in [1.807, 2.05) is 4.90 Å². The molecule has 0 saturated carbocycles. The second kappa shape index (κ2) is 12.6. The lowest BCUT2D eigenvalue weighted by Gasteiger charge is -2.34. The minimum absolute atomic E-state index is 0.00614. The van der Waals surface area contributed by atoms with Gasteiger partial charge in [0.2, 0.25) is 5.75 Å². The number of hydrogen-bond donors (Lipinski definition) is 3. The molecule has 2 amide bonds. The van der Waals surface area contributed by atoms with Crippen LogP contribution in [0.5, 0.6) is 5.75 Å². The lowest BCUT2D eigenvalue weighted by atomic mass is 10.0. The number of alkyl halides is 3. The van der Waals surface area contributed by atoms with E-state index in [-0.39, 0.29) is 64.6 Å². The van der Waals surface area contributed by atoms with Crippen LogP contribution in [0.3, 0.4) is 0 Å². The summed E-state index contributed by atoms with van der Waals surface area (Å²) in [6, 6.07) is 8.08. The number of carbonyl (C=O) groups excluding carboxylic acids is 1. The van der Waals surface area contributed by atoms with Crippen LogP contribution >= 0.6 is 11.6 Å². The fourth-order valence-electron chi connectivity index (χ4n) is 4.96. The van der Waals surface area contributed by atoms with Gasteiger partial charge in [-0.15, -0.1) is 0 Å². The lowest BCUT2D eigenvalue weighted by Crippen LogP contribution is -2.45. The Balaban J connectivity index is 1.33. The molecule has 1 aromatic heterocycles. The van der Waals surface area contributed by atoms with E-state index >= 15 is 0 Å². The van der Waals surface area contributed by atoms with Crippen molar-refractivity contribution in [3.8, 4) is 5.75 Å². The Hall–Kier alpha value is -4.14. The summed E-state index contributed by atoms with van der Waals surface area (Å²) in [5.74, 6) is -0.395. The Morgan fingerprint density at radius 2 is 1.79 bits per heavy atom. The zero-order chi connectivity index (χ0) is 30.7. The van der Waals surface area contributed by atoms with Gasteiger partial charge in [0.25, 0.3) is 5.91 Å². The third kappa shape index (κ3) is 6.92. The summed E-state index contributed by atoms with van der Waals surface area (Å²) >= 11 is 6.34. The molecule has 2 aromatic carbocycles. The molecule has 1 fully saturated rings. The molecule has 43 heavy (non-hydrogen) atoms. The molecule has 3 N–H and O–H groups in total. The summed E-state index contributed by atoms with van der Waals surface area (Å²) < 4.78 is 47.7. The van der Waals surface area contributed by atoms with E-state index in [9.17, 15) is 27.9 Å². The molecule has 0 unspecified atom stereocenters. The number of piperazine rings is 1. The van der Waals surface area contributed by atoms with Crippen LogP contribution in [0.2, 0.25) is 5.02 Å². The third-order valence-corrected chi connectivity index (χ3v) is 7.62. The van der Waals surface area contributed by atoms with Gasteiger partial charge in [-0.05, 0) is 42.4 Å². The molecule has 2 aliphatic rings. The third-order valence-electron chi connectivity index (χ3n) is 7.29. The van der Waals surface area contributed by atoms with E-state index in [1.165, 1.54) is 30.3 Å². The van der Waals surface area contributed by atoms with Crippen LogP contribution < -0.4 is 20.3 Å². The molecule has 0 radical (unpaired) electrons. The number of nitrogens with zero attached hydrogens (tertiary/aromatic N) is 5. The largest absolute Gasteiger partial charge is 0.485 e. The molecule has 0 atom stereocenters. The van der Waals surface area contributed by atoms with E-state index in [2.05, 4.69) is 32.4 Å². The second-order valence-corrected chi connectivity index (χ2v) is 10.4. The van der Waals surface area contributed by atoms with Crippen molar-refractivity contribution in [2.45, 2.75) is 19.6 Å². The number of nitrogens with one attached hydrogen (secondary N) is 2. The normalized spacial score (nSPS) is 15.9. The fraction of sp³-hybridized carbons (Fsp3) is 0.357. The Labute approximate surface area is 250 Å². The maximum atomic E-state index is 14.0. The van der Waals surface area contributed by atoms with Gasteiger partial charge in [0.15, 0.2) is 11.6 Å². The Bertz CT molecular complexity index is 1520. The number of hydrogen-bond acceptors (Lipinski definition) is 8. The molecule has 5 rings (SSSR count). The number of carboxylic acid groups (broad SMARTS) is 1. The van der Waals surface area contributed by atoms with Crippen LogP contribution in [-0.4, -0.2) is 82.8 Å². The summed E-state index contributed by atoms with van der Waals surface area (Å²) in [6.07, 6.45) is -4.65. The Kier molecular flexibility index (Phi) is 8.89. The number of ether oxygens (including phenoxy) is 1. The van der Waals surface area contributed by atoms with Gasteiger partial charge in [-0.25, -0.2) is 14.8 Å². The SMILES string of the molecule is CCN1CCN(Cc2ccc(NC(=O)c3ccc(Cl)c(Nc4ncnc5c4OCCN5C(=O)O)c3)cc2C(F)(F)F)CC1. The first-order valence-electron chi connectivity index (χ1n) is 13.5. The topological polar surface area (TPSA) is 123 Å². The number of fused-ring (bicyclic) bond motifs is 1. The quantitative estimate of drug-likeness (QED) is 0.329. The van der Waals surface area contributed by atoms with Gasteiger partial charge in [0.1, 0.15) is 12.9 Å². The minimum Gasteiger partial charge on any atom is -0.485 e. The van der Waals surface area contributed by atoms with Crippen molar-refractivity contribution in [3.63, 3.8) is 0 Å². The first kappa shape index (κ1) is 30.3. The fourth-order valence-corrected chi connectivity index (χ4v) is 5.13. The number of carbonyl (C=O) groups is 2. The van der Waals surface area contributed by atoms with E-state index in [1.54, 1.807) is 0 Å². The van der Waals surface area contributed by atoms with Crippen LogP contribution in [-0.2, 0) is 12.7 Å². The highest BCUT2D eigenvalue weighted by Crippen LogP contribution is 2.38. The van der Waals surface area contributed by atoms with E-state index in [0.717, 1.165) is 36.9 Å². The van der Waals surface area contributed by atoms with Crippen molar-refractivity contribution in [1.29, 1.82) is 0 Å². The number of aromatic nitrogens is 2. The van der Waals surface area contributed by atoms with Gasteiger partial charge in [0.05, 0.1) is 22.8 Å². The average molecular weight is 620 g/mol. The molecule has 1 saturated heterocycles. The van der Waals surface area contributed by atoms with Crippen LogP contribution in [0.4, 0.5) is 41.0 Å². The lowest BCUT2D eigenvalue weighted by molar-refractivity contribution is -0.138. The average Bonchev–Trinajstić information content (AvgIpc) is 2.98. The number of halogens is 4. The highest BCUT2D eigenvalue weighted by atomic mass is 35.5. The van der Waals surface area contributed by atoms with E-state index in [4.69, 9.17) is 16.3 Å². The van der Waals surface area contributed by atoms with Gasteiger partial charge in [-0.1, -0.05) is 24.6 Å². The molecule has 0 spiro atoms. The molecule has 11 nitrogen and oxygen atoms in total. The standard InChI is InChI=1S/C28H29ClF3N7O4/c1-2-37-7-9-38(10-8-37)15-18-3-5-19(14-20(18)28(30,31)32)35-26(40)17-4-6-21(29)22(13-17)36-24-23-25(34-16-33-24)39(27(41)42)11-12-43-23/h3-6,13-14,16H,2,7-12,15H2,1H3,(H,35,40)(H,41,42)(H,33,34,36). The minimum atomic E-state index is -4.60. The van der Waals surface area contributed by atoms with Gasteiger partial charge in [-0.2, -0.15) is 13.2 Å². The maximum Gasteiger partial charge on any atom is 0.416 e. The second-order valence-electron chi connectivity index (χ2n) is 10.0. The van der Waals surface area contributed by atoms with Crippen LogP contribution in [0.25, 0.3) is 0 Å². The molecule has 15 heteroatoms. The van der Waals surface area contributed by atoms with Gasteiger partial charge < -0.3 is 25.4 Å². The highest BCUT2D eigenvalue weighted by Gasteiger charge is 2.34. The van der Waals surface area contributed by atoms with Crippen LogP contribution in [0.1, 0.15) is 28.4 Å². The summed E-state index contributed by atoms with van der Waals surface area (Å²) in [6.45, 7) is 6.25. The molecular formula is C28H29ClF3N7O4. The van der Waals surface area contributed by atoms with Crippen molar-refractivity contribution in [3.05, 3.63) is 64.4 Å². The zero-order valence-electron chi connectivity index (χ0n) is 23.1. The maximum absolute atomic E-state index is 14.0. The predicted molar refractivity (Wildman–Crippen MR) is 154 cm³/mol. The van der Waals surface area contributed by atoms with Gasteiger partial charge in [0, 0.05) is 44.0 Å². The van der Waals surface area contributed by atoms with Crippen LogP contribution in [0.15, 0.2) is 42.7 Å². The molecule has 0 aliphatic carbocycles. The smallest absolute Gasteiger partial charge is 0.416 e. The zero-order valence-corrected chi connectivity index (χ0v) is 23.9. The highest BCUT2D eigenvalue weighted by molar-refractivity contribution is 6.33. The van der Waals surface area contributed by atoms with Gasteiger partial charge in [-0.3, -0.25) is 14.6 Å². The summed E-state index contributed by atoms with van der Waals surface area (Å²) in [5.41, 5.74) is -0.320. The molecule has 2 aliphatic heterocycles. The summed E-state index contributed by atoms with van der Waals surface area (Å²) in [5, 5.41) is 15.1. The first-order valence-corrected chi connectivity index (χ1v) is 13.9. The summed E-state index contributed by atoms with van der Waals surface area (Å²) in [7, 11) is 0. The number of likely N-dealkylation sites (N-methyl/N-ethyl adjacent to an activating group) is 1. The molecular weight excluding hydrogens is 591 g/mol. The van der Waals surface area contributed by atoms with Crippen molar-refractivity contribution in [2.24, 2.45) is 0 Å². The van der Waals surface area contributed by atoms with Crippen molar-refractivity contribution in [1.82, 2.24) is 19.8 Å². The van der Waals surface area contributed by atoms with Crippen molar-refractivity contribution < 1.29 is 32.6 Å². The van der Waals surface area contributed by atoms with Crippen molar-refractivity contribution in [2.75, 3.05) is 61.4 Å². The number of benzene rings is 2. The molecule has 3 aromatic rings. The Morgan fingerprint density at radius 3 is 2.49 bits per heavy atom. The molecule has 3 heterocycles. The van der Waals surface area contributed by atoms with Gasteiger partial charge >= 0.3 is 12.3 Å². The van der Waals surface area contributed by atoms with E-state index in [0.29, 0.717) is 13.1 Å². The predicted octanol–water partition coefficient (Wildman–Crippen LogP) is 5.16. The summed E-state index contributed by atoms with van der Waals surface area (Å²) in [4.78, 5) is 38.1. The monoisotopic (exact) mass is 619 g/mol. The first-order chi connectivity index (χ1) is 20.5. The van der Waals surface area contributed by atoms with Crippen molar-refractivity contribution >= 4 is 46.6 Å². The van der Waals surface area contributed by atoms with Crippen LogP contribution in [0, 0.1) is 0 Å². The number of amides is 2. The molecule has 0 bridgehead atoms. The number of anilines is 4. The number of rotatable bonds is 7. The molecule has 228 valence electrons. The van der Waals surface area contributed by atoms with E-state index < -0.39 is 23.7 Å².